The Kier molecular flexibility index (Phi) is 5.98. The number of benzene rings is 3. The SMILES string of the molecule is Cc1ccc(S(=O)(=O)N(CC(=O)Nc2cccc(F)c2)c2cccc(C)c2)cc1. The van der Waals surface area contributed by atoms with Gasteiger partial charge >= 0.3 is 0 Å². The Morgan fingerprint density at radius 2 is 1.62 bits per heavy atom. The van der Waals surface area contributed by atoms with Crippen LogP contribution in [-0.2, 0) is 14.8 Å². The molecular formula is C22H21FN2O3S. The molecule has 3 aromatic rings. The fraction of sp³-hybridized carbons (Fsp3) is 0.136. The van der Waals surface area contributed by atoms with Crippen molar-refractivity contribution in [3.63, 3.8) is 0 Å². The summed E-state index contributed by atoms with van der Waals surface area (Å²) >= 11 is 0. The van der Waals surface area contributed by atoms with Gasteiger partial charge in [0.2, 0.25) is 5.91 Å². The Labute approximate surface area is 169 Å². The average Bonchev–Trinajstić information content (AvgIpc) is 2.66. The Morgan fingerprint density at radius 3 is 2.28 bits per heavy atom. The summed E-state index contributed by atoms with van der Waals surface area (Å²) in [5.41, 5.74) is 2.42. The van der Waals surface area contributed by atoms with Gasteiger partial charge in [0.15, 0.2) is 0 Å². The van der Waals surface area contributed by atoms with E-state index in [4.69, 9.17) is 0 Å². The van der Waals surface area contributed by atoms with E-state index in [1.165, 1.54) is 36.4 Å². The minimum atomic E-state index is -3.98. The largest absolute Gasteiger partial charge is 0.324 e. The highest BCUT2D eigenvalue weighted by Crippen LogP contribution is 2.25. The van der Waals surface area contributed by atoms with E-state index in [0.29, 0.717) is 5.69 Å². The zero-order valence-corrected chi connectivity index (χ0v) is 16.9. The van der Waals surface area contributed by atoms with Crippen LogP contribution in [0.3, 0.4) is 0 Å². The molecule has 0 aromatic heterocycles. The van der Waals surface area contributed by atoms with Crippen LogP contribution in [0.2, 0.25) is 0 Å². The quantitative estimate of drug-likeness (QED) is 0.657. The molecule has 29 heavy (non-hydrogen) atoms. The second-order valence-electron chi connectivity index (χ2n) is 6.72. The first kappa shape index (κ1) is 20.5. The lowest BCUT2D eigenvalue weighted by molar-refractivity contribution is -0.114. The Bertz CT molecular complexity index is 1130. The van der Waals surface area contributed by atoms with Crippen molar-refractivity contribution in [3.05, 3.63) is 89.7 Å². The monoisotopic (exact) mass is 412 g/mol. The van der Waals surface area contributed by atoms with Gasteiger partial charge in [0.05, 0.1) is 10.6 Å². The molecule has 7 heteroatoms. The minimum absolute atomic E-state index is 0.0863. The second-order valence-corrected chi connectivity index (χ2v) is 8.58. The van der Waals surface area contributed by atoms with Gasteiger partial charge in [0.1, 0.15) is 12.4 Å². The maximum Gasteiger partial charge on any atom is 0.264 e. The van der Waals surface area contributed by atoms with Crippen LogP contribution in [0.15, 0.2) is 77.7 Å². The van der Waals surface area contributed by atoms with Crippen molar-refractivity contribution < 1.29 is 17.6 Å². The van der Waals surface area contributed by atoms with E-state index in [9.17, 15) is 17.6 Å². The van der Waals surface area contributed by atoms with Gasteiger partial charge in [-0.25, -0.2) is 12.8 Å². The molecule has 0 bridgehead atoms. The number of nitrogens with one attached hydrogen (secondary N) is 1. The third-order valence-electron chi connectivity index (χ3n) is 4.29. The van der Waals surface area contributed by atoms with Crippen LogP contribution in [0.1, 0.15) is 11.1 Å². The Hall–Kier alpha value is -3.19. The summed E-state index contributed by atoms with van der Waals surface area (Å²) in [6, 6.07) is 18.8. The number of sulfonamides is 1. The molecule has 1 N–H and O–H groups in total. The number of nitrogens with zero attached hydrogens (tertiary/aromatic N) is 1. The van der Waals surface area contributed by atoms with E-state index in [0.717, 1.165) is 15.4 Å². The number of amides is 1. The number of anilines is 2. The summed E-state index contributed by atoms with van der Waals surface area (Å²) in [6.45, 7) is 3.25. The average molecular weight is 412 g/mol. The lowest BCUT2D eigenvalue weighted by Crippen LogP contribution is -2.38. The molecule has 0 aliphatic heterocycles. The lowest BCUT2D eigenvalue weighted by Gasteiger charge is -2.24. The third kappa shape index (κ3) is 5.00. The third-order valence-corrected chi connectivity index (χ3v) is 6.08. The molecule has 0 heterocycles. The zero-order valence-electron chi connectivity index (χ0n) is 16.1. The van der Waals surface area contributed by atoms with Crippen molar-refractivity contribution in [2.75, 3.05) is 16.2 Å². The van der Waals surface area contributed by atoms with E-state index < -0.39 is 28.3 Å². The van der Waals surface area contributed by atoms with E-state index >= 15 is 0 Å². The topological polar surface area (TPSA) is 66.5 Å². The van der Waals surface area contributed by atoms with Crippen LogP contribution in [0.5, 0.6) is 0 Å². The van der Waals surface area contributed by atoms with Crippen molar-refractivity contribution in [2.24, 2.45) is 0 Å². The maximum absolute atomic E-state index is 13.4. The number of hydrogen-bond donors (Lipinski definition) is 1. The summed E-state index contributed by atoms with van der Waals surface area (Å²) in [5.74, 6) is -1.07. The molecule has 0 fully saturated rings. The van der Waals surface area contributed by atoms with Gasteiger partial charge < -0.3 is 5.32 Å². The molecule has 0 saturated heterocycles. The van der Waals surface area contributed by atoms with Crippen LogP contribution in [-0.4, -0.2) is 20.9 Å². The zero-order chi connectivity index (χ0) is 21.0. The molecule has 0 atom stereocenters. The van der Waals surface area contributed by atoms with Crippen LogP contribution in [0.4, 0.5) is 15.8 Å². The van der Waals surface area contributed by atoms with Crippen molar-refractivity contribution in [1.82, 2.24) is 0 Å². The highest BCUT2D eigenvalue weighted by atomic mass is 32.2. The number of aryl methyl sites for hydroxylation is 2. The Morgan fingerprint density at radius 1 is 0.931 bits per heavy atom. The standard InChI is InChI=1S/C22H21FN2O3S/c1-16-9-11-21(12-10-16)29(27,28)25(20-8-3-5-17(2)13-20)15-22(26)24-19-7-4-6-18(23)14-19/h3-14H,15H2,1-2H3,(H,24,26). The predicted molar refractivity (Wildman–Crippen MR) is 112 cm³/mol. The summed E-state index contributed by atoms with van der Waals surface area (Å²) in [4.78, 5) is 12.7. The summed E-state index contributed by atoms with van der Waals surface area (Å²) in [5, 5.41) is 2.55. The van der Waals surface area contributed by atoms with Crippen LogP contribution in [0, 0.1) is 19.7 Å². The van der Waals surface area contributed by atoms with Crippen molar-refractivity contribution in [3.8, 4) is 0 Å². The molecule has 0 aliphatic carbocycles. The number of hydrogen-bond acceptors (Lipinski definition) is 3. The molecule has 0 spiro atoms. The van der Waals surface area contributed by atoms with Gasteiger partial charge in [0, 0.05) is 5.69 Å². The lowest BCUT2D eigenvalue weighted by atomic mass is 10.2. The maximum atomic E-state index is 13.4. The van der Waals surface area contributed by atoms with Gasteiger partial charge in [-0.2, -0.15) is 0 Å². The summed E-state index contributed by atoms with van der Waals surface area (Å²) in [7, 11) is -3.98. The molecule has 5 nitrogen and oxygen atoms in total. The minimum Gasteiger partial charge on any atom is -0.324 e. The molecule has 3 rings (SSSR count). The number of rotatable bonds is 6. The normalized spacial score (nSPS) is 11.1. The van der Waals surface area contributed by atoms with E-state index in [1.54, 1.807) is 30.3 Å². The molecular weight excluding hydrogens is 391 g/mol. The van der Waals surface area contributed by atoms with Gasteiger partial charge in [-0.05, 0) is 61.9 Å². The fourth-order valence-corrected chi connectivity index (χ4v) is 4.25. The first-order valence-corrected chi connectivity index (χ1v) is 10.4. The smallest absolute Gasteiger partial charge is 0.264 e. The highest BCUT2D eigenvalue weighted by molar-refractivity contribution is 7.92. The first-order chi connectivity index (χ1) is 13.8. The molecule has 0 unspecified atom stereocenters. The molecule has 3 aromatic carbocycles. The molecule has 0 radical (unpaired) electrons. The van der Waals surface area contributed by atoms with Crippen molar-refractivity contribution >= 4 is 27.3 Å². The summed E-state index contributed by atoms with van der Waals surface area (Å²) < 4.78 is 41.0. The number of carbonyl (C=O) groups excluding carboxylic acids is 1. The number of carbonyl (C=O) groups is 1. The van der Waals surface area contributed by atoms with E-state index in [-0.39, 0.29) is 10.6 Å². The second kappa shape index (κ2) is 8.45. The van der Waals surface area contributed by atoms with Gasteiger partial charge in [-0.15, -0.1) is 0 Å². The molecule has 150 valence electrons. The van der Waals surface area contributed by atoms with Gasteiger partial charge in [-0.1, -0.05) is 35.9 Å². The Balaban J connectivity index is 1.95. The van der Waals surface area contributed by atoms with Crippen LogP contribution < -0.4 is 9.62 Å². The molecule has 0 aliphatic rings. The molecule has 0 saturated carbocycles. The van der Waals surface area contributed by atoms with Gasteiger partial charge in [0.25, 0.3) is 10.0 Å². The molecule has 1 amide bonds. The van der Waals surface area contributed by atoms with Crippen molar-refractivity contribution in [1.29, 1.82) is 0 Å². The van der Waals surface area contributed by atoms with Crippen LogP contribution >= 0.6 is 0 Å². The van der Waals surface area contributed by atoms with Crippen LogP contribution in [0.25, 0.3) is 0 Å². The van der Waals surface area contributed by atoms with Crippen molar-refractivity contribution in [2.45, 2.75) is 18.7 Å². The van der Waals surface area contributed by atoms with Gasteiger partial charge in [-0.3, -0.25) is 9.10 Å². The van der Waals surface area contributed by atoms with E-state index in [2.05, 4.69) is 5.32 Å². The summed E-state index contributed by atoms with van der Waals surface area (Å²) in [6.07, 6.45) is 0. The highest BCUT2D eigenvalue weighted by Gasteiger charge is 2.27. The number of halogens is 1. The first-order valence-electron chi connectivity index (χ1n) is 8.97. The van der Waals surface area contributed by atoms with E-state index in [1.807, 2.05) is 19.9 Å². The fourth-order valence-electron chi connectivity index (χ4n) is 2.83. The predicted octanol–water partition coefficient (Wildman–Crippen LogP) is 4.28.